The van der Waals surface area contributed by atoms with Crippen LogP contribution in [0.5, 0.6) is 11.5 Å². The number of halogens is 4. The summed E-state index contributed by atoms with van der Waals surface area (Å²) in [6.07, 6.45) is -4.75. The van der Waals surface area contributed by atoms with Gasteiger partial charge in [-0.1, -0.05) is 23.4 Å². The molecule has 10 heteroatoms. The average molecular weight is 516 g/mol. The number of amides is 1. The molecule has 1 amide bonds. The standard InChI is InChI=1S/C27H24F4N2O4/c1-35-24-10-9-18(13-25(24)36-2)23-14-22(37-32-23)16-33(26(34)19-6-4-8-21(28)12-19)15-17-5-3-7-20(11-17)27(29,30)31/h3-13,22H,14-16H2,1-2H3. The minimum absolute atomic E-state index is 0.0197. The topological polar surface area (TPSA) is 60.4 Å². The molecule has 0 fully saturated rings. The molecule has 1 unspecified atom stereocenters. The Morgan fingerprint density at radius 1 is 1.03 bits per heavy atom. The molecule has 1 heterocycles. The number of rotatable bonds is 8. The van der Waals surface area contributed by atoms with Gasteiger partial charge in [0.2, 0.25) is 0 Å². The Kier molecular flexibility index (Phi) is 7.66. The van der Waals surface area contributed by atoms with E-state index in [2.05, 4.69) is 5.16 Å². The maximum atomic E-state index is 13.8. The summed E-state index contributed by atoms with van der Waals surface area (Å²) >= 11 is 0. The van der Waals surface area contributed by atoms with Gasteiger partial charge < -0.3 is 19.2 Å². The van der Waals surface area contributed by atoms with Crippen LogP contribution in [0.25, 0.3) is 0 Å². The molecular formula is C27H24F4N2O4. The van der Waals surface area contributed by atoms with Gasteiger partial charge in [0, 0.05) is 24.1 Å². The smallest absolute Gasteiger partial charge is 0.416 e. The summed E-state index contributed by atoms with van der Waals surface area (Å²) in [6.45, 7) is -0.114. The molecule has 6 nitrogen and oxygen atoms in total. The molecule has 3 aromatic carbocycles. The van der Waals surface area contributed by atoms with Gasteiger partial charge in [0.25, 0.3) is 5.91 Å². The lowest BCUT2D eigenvalue weighted by molar-refractivity contribution is -0.137. The van der Waals surface area contributed by atoms with E-state index in [4.69, 9.17) is 14.3 Å². The maximum Gasteiger partial charge on any atom is 0.416 e. The molecule has 0 radical (unpaired) electrons. The van der Waals surface area contributed by atoms with Gasteiger partial charge in [-0.15, -0.1) is 0 Å². The van der Waals surface area contributed by atoms with Crippen LogP contribution < -0.4 is 9.47 Å². The van der Waals surface area contributed by atoms with Gasteiger partial charge in [-0.05, 0) is 54.1 Å². The molecule has 0 bridgehead atoms. The molecule has 0 aromatic heterocycles. The van der Waals surface area contributed by atoms with E-state index in [0.717, 1.165) is 23.8 Å². The summed E-state index contributed by atoms with van der Waals surface area (Å²) in [6, 6.07) is 15.2. The van der Waals surface area contributed by atoms with Crippen LogP contribution in [0.15, 0.2) is 71.9 Å². The van der Waals surface area contributed by atoms with E-state index in [-0.39, 0.29) is 24.2 Å². The number of hydrogen-bond donors (Lipinski definition) is 0. The Balaban J connectivity index is 1.55. The van der Waals surface area contributed by atoms with E-state index >= 15 is 0 Å². The first kappa shape index (κ1) is 26.0. The number of carbonyl (C=O) groups excluding carboxylic acids is 1. The van der Waals surface area contributed by atoms with Crippen molar-refractivity contribution in [3.05, 3.63) is 94.8 Å². The minimum Gasteiger partial charge on any atom is -0.493 e. The normalized spacial score (nSPS) is 15.1. The van der Waals surface area contributed by atoms with E-state index in [9.17, 15) is 22.4 Å². The summed E-state index contributed by atoms with van der Waals surface area (Å²) in [5.41, 5.74) is 0.883. The number of oxime groups is 1. The van der Waals surface area contributed by atoms with Crippen molar-refractivity contribution < 1.29 is 36.7 Å². The SMILES string of the molecule is COc1ccc(C2=NOC(CN(Cc3cccc(C(F)(F)F)c3)C(=O)c3cccc(F)c3)C2)cc1OC. The molecule has 0 N–H and O–H groups in total. The second-order valence-electron chi connectivity index (χ2n) is 8.43. The van der Waals surface area contributed by atoms with Crippen LogP contribution >= 0.6 is 0 Å². The Hall–Kier alpha value is -4.08. The highest BCUT2D eigenvalue weighted by Gasteiger charge is 2.31. The van der Waals surface area contributed by atoms with Gasteiger partial charge in [-0.3, -0.25) is 4.79 Å². The first-order valence-corrected chi connectivity index (χ1v) is 11.3. The van der Waals surface area contributed by atoms with Crippen LogP contribution in [-0.2, 0) is 17.6 Å². The van der Waals surface area contributed by atoms with Gasteiger partial charge in [0.15, 0.2) is 17.6 Å². The third-order valence-electron chi connectivity index (χ3n) is 5.86. The summed E-state index contributed by atoms with van der Waals surface area (Å²) < 4.78 is 64.1. The molecule has 0 spiro atoms. The molecule has 1 aliphatic heterocycles. The molecule has 4 rings (SSSR count). The van der Waals surface area contributed by atoms with E-state index < -0.39 is 29.6 Å². The van der Waals surface area contributed by atoms with Crippen LogP contribution in [0.1, 0.15) is 33.5 Å². The summed E-state index contributed by atoms with van der Waals surface area (Å²) in [5, 5.41) is 4.14. The summed E-state index contributed by atoms with van der Waals surface area (Å²) in [4.78, 5) is 20.2. The number of hydrogen-bond acceptors (Lipinski definition) is 5. The fourth-order valence-electron chi connectivity index (χ4n) is 4.05. The number of carbonyl (C=O) groups is 1. The molecule has 0 saturated carbocycles. The molecule has 3 aromatic rings. The molecule has 1 atom stereocenters. The zero-order valence-electron chi connectivity index (χ0n) is 20.1. The Labute approximate surface area is 211 Å². The number of nitrogens with zero attached hydrogens (tertiary/aromatic N) is 2. The highest BCUT2D eigenvalue weighted by atomic mass is 19.4. The molecule has 0 saturated heterocycles. The number of ether oxygens (including phenoxy) is 2. The van der Waals surface area contributed by atoms with E-state index in [1.165, 1.54) is 49.5 Å². The van der Waals surface area contributed by atoms with Crippen molar-refractivity contribution in [2.45, 2.75) is 25.2 Å². The van der Waals surface area contributed by atoms with Crippen LogP contribution in [0.4, 0.5) is 17.6 Å². The van der Waals surface area contributed by atoms with Crippen LogP contribution in [0.3, 0.4) is 0 Å². The van der Waals surface area contributed by atoms with Gasteiger partial charge in [-0.25, -0.2) is 4.39 Å². The Bertz CT molecular complexity index is 1310. The fraction of sp³-hybridized carbons (Fsp3) is 0.259. The third kappa shape index (κ3) is 6.19. The second kappa shape index (κ2) is 10.9. The first-order valence-electron chi connectivity index (χ1n) is 11.3. The maximum absolute atomic E-state index is 13.8. The zero-order valence-corrected chi connectivity index (χ0v) is 20.1. The van der Waals surface area contributed by atoms with Crippen molar-refractivity contribution >= 4 is 11.6 Å². The Morgan fingerprint density at radius 2 is 1.78 bits per heavy atom. The second-order valence-corrected chi connectivity index (χ2v) is 8.43. The van der Waals surface area contributed by atoms with E-state index in [1.54, 1.807) is 18.2 Å². The molecular weight excluding hydrogens is 492 g/mol. The lowest BCUT2D eigenvalue weighted by atomic mass is 10.0. The van der Waals surface area contributed by atoms with Gasteiger partial charge in [0.05, 0.1) is 32.0 Å². The molecule has 194 valence electrons. The monoisotopic (exact) mass is 516 g/mol. The average Bonchev–Trinajstić information content (AvgIpc) is 3.35. The number of benzene rings is 3. The van der Waals surface area contributed by atoms with Crippen molar-refractivity contribution in [2.24, 2.45) is 5.16 Å². The summed E-state index contributed by atoms with van der Waals surface area (Å²) in [5.74, 6) is -0.0741. The molecule has 0 aliphatic carbocycles. The highest BCUT2D eigenvalue weighted by molar-refractivity contribution is 6.02. The van der Waals surface area contributed by atoms with E-state index in [0.29, 0.717) is 23.6 Å². The van der Waals surface area contributed by atoms with Gasteiger partial charge >= 0.3 is 6.18 Å². The Morgan fingerprint density at radius 3 is 2.49 bits per heavy atom. The number of methoxy groups -OCH3 is 2. The molecule has 37 heavy (non-hydrogen) atoms. The minimum atomic E-state index is -4.52. The van der Waals surface area contributed by atoms with Crippen LogP contribution in [0, 0.1) is 5.82 Å². The number of alkyl halides is 3. The van der Waals surface area contributed by atoms with Crippen LogP contribution in [-0.4, -0.2) is 43.4 Å². The van der Waals surface area contributed by atoms with Gasteiger partial charge in [0.1, 0.15) is 5.82 Å². The summed E-state index contributed by atoms with van der Waals surface area (Å²) in [7, 11) is 3.04. The first-order chi connectivity index (χ1) is 17.7. The highest BCUT2D eigenvalue weighted by Crippen LogP contribution is 2.31. The quantitative estimate of drug-likeness (QED) is 0.361. The van der Waals surface area contributed by atoms with Crippen molar-refractivity contribution in [3.8, 4) is 11.5 Å². The fourth-order valence-corrected chi connectivity index (χ4v) is 4.05. The van der Waals surface area contributed by atoms with Crippen molar-refractivity contribution in [1.82, 2.24) is 4.90 Å². The van der Waals surface area contributed by atoms with Crippen molar-refractivity contribution in [3.63, 3.8) is 0 Å². The van der Waals surface area contributed by atoms with Crippen molar-refractivity contribution in [2.75, 3.05) is 20.8 Å². The lowest BCUT2D eigenvalue weighted by Gasteiger charge is -2.25. The third-order valence-corrected chi connectivity index (χ3v) is 5.86. The van der Waals surface area contributed by atoms with E-state index in [1.807, 2.05) is 0 Å². The lowest BCUT2D eigenvalue weighted by Crippen LogP contribution is -2.37. The predicted octanol–water partition coefficient (Wildman–Crippen LogP) is 5.70. The van der Waals surface area contributed by atoms with Crippen molar-refractivity contribution in [1.29, 1.82) is 0 Å². The molecule has 1 aliphatic rings. The largest absolute Gasteiger partial charge is 0.493 e. The predicted molar refractivity (Wildman–Crippen MR) is 128 cm³/mol. The van der Waals surface area contributed by atoms with Gasteiger partial charge in [-0.2, -0.15) is 13.2 Å². The van der Waals surface area contributed by atoms with Crippen LogP contribution in [0.2, 0.25) is 0 Å². The zero-order chi connectivity index (χ0) is 26.6.